The second kappa shape index (κ2) is 4.79. The largest absolute Gasteiger partial charge is 0.393 e. The molecule has 2 atom stereocenters. The van der Waals surface area contributed by atoms with Crippen LogP contribution in [0.1, 0.15) is 43.7 Å². The van der Waals surface area contributed by atoms with Gasteiger partial charge in [-0.15, -0.1) is 0 Å². The van der Waals surface area contributed by atoms with E-state index in [2.05, 4.69) is 24.3 Å². The average molecular weight is 234 g/mol. The number of hydrogen-bond donors (Lipinski definition) is 1. The predicted octanol–water partition coefficient (Wildman–Crippen LogP) is 2.89. The predicted molar refractivity (Wildman–Crippen MR) is 69.2 cm³/mol. The number of fused-ring (bicyclic) bond motifs is 1. The summed E-state index contributed by atoms with van der Waals surface area (Å²) in [4.78, 5) is 0. The molecule has 94 valence electrons. The summed E-state index contributed by atoms with van der Waals surface area (Å²) in [7, 11) is 1.70. The smallest absolute Gasteiger partial charge is 0.0647 e. The fraction of sp³-hybridized carbons (Fsp3) is 0.600. The Bertz CT molecular complexity index is 384. The van der Waals surface area contributed by atoms with Crippen LogP contribution in [0.15, 0.2) is 24.3 Å². The third-order valence-corrected chi connectivity index (χ3v) is 3.80. The SMILES string of the molecule is COC(C)(C)CC(O)CC1Cc2ccccc21. The van der Waals surface area contributed by atoms with Crippen LogP contribution in [0.5, 0.6) is 0 Å². The minimum Gasteiger partial charge on any atom is -0.393 e. The summed E-state index contributed by atoms with van der Waals surface area (Å²) in [5.74, 6) is 0.536. The van der Waals surface area contributed by atoms with Crippen LogP contribution in [0.25, 0.3) is 0 Å². The summed E-state index contributed by atoms with van der Waals surface area (Å²) in [6.45, 7) is 4.04. The maximum absolute atomic E-state index is 10.1. The van der Waals surface area contributed by atoms with Crippen molar-refractivity contribution in [1.82, 2.24) is 0 Å². The van der Waals surface area contributed by atoms with Gasteiger partial charge in [0, 0.05) is 13.5 Å². The number of ether oxygens (including phenoxy) is 1. The van der Waals surface area contributed by atoms with Gasteiger partial charge < -0.3 is 9.84 Å². The maximum atomic E-state index is 10.1. The lowest BCUT2D eigenvalue weighted by atomic mass is 9.74. The van der Waals surface area contributed by atoms with Crippen molar-refractivity contribution < 1.29 is 9.84 Å². The maximum Gasteiger partial charge on any atom is 0.0647 e. The molecule has 0 spiro atoms. The van der Waals surface area contributed by atoms with Crippen LogP contribution in [0.4, 0.5) is 0 Å². The van der Waals surface area contributed by atoms with Gasteiger partial charge >= 0.3 is 0 Å². The molecule has 0 saturated carbocycles. The topological polar surface area (TPSA) is 29.5 Å². The molecule has 2 nitrogen and oxygen atoms in total. The van der Waals surface area contributed by atoms with Crippen molar-refractivity contribution in [3.05, 3.63) is 35.4 Å². The van der Waals surface area contributed by atoms with Crippen molar-refractivity contribution in [1.29, 1.82) is 0 Å². The minimum atomic E-state index is -0.275. The molecule has 0 saturated heterocycles. The normalized spacial score (nSPS) is 20.6. The highest BCUT2D eigenvalue weighted by Crippen LogP contribution is 2.38. The van der Waals surface area contributed by atoms with Crippen molar-refractivity contribution in [2.24, 2.45) is 0 Å². The Balaban J connectivity index is 1.88. The Kier molecular flexibility index (Phi) is 3.55. The monoisotopic (exact) mass is 234 g/mol. The van der Waals surface area contributed by atoms with Crippen LogP contribution >= 0.6 is 0 Å². The van der Waals surface area contributed by atoms with Crippen molar-refractivity contribution >= 4 is 0 Å². The Morgan fingerprint density at radius 2 is 2.12 bits per heavy atom. The van der Waals surface area contributed by atoms with E-state index in [0.29, 0.717) is 12.3 Å². The number of hydrogen-bond acceptors (Lipinski definition) is 2. The average Bonchev–Trinajstić information content (AvgIpc) is 2.25. The van der Waals surface area contributed by atoms with Gasteiger partial charge in [-0.25, -0.2) is 0 Å². The van der Waals surface area contributed by atoms with E-state index in [0.717, 1.165) is 12.8 Å². The summed E-state index contributed by atoms with van der Waals surface area (Å²) >= 11 is 0. The Hall–Kier alpha value is -0.860. The van der Waals surface area contributed by atoms with E-state index < -0.39 is 0 Å². The Morgan fingerprint density at radius 3 is 2.76 bits per heavy atom. The second-order valence-electron chi connectivity index (χ2n) is 5.66. The third kappa shape index (κ3) is 2.88. The lowest BCUT2D eigenvalue weighted by Crippen LogP contribution is -2.31. The van der Waals surface area contributed by atoms with Gasteiger partial charge in [-0.1, -0.05) is 24.3 Å². The molecule has 0 aromatic heterocycles. The number of methoxy groups -OCH3 is 1. The van der Waals surface area contributed by atoms with Crippen molar-refractivity contribution in [2.45, 2.75) is 50.7 Å². The van der Waals surface area contributed by atoms with Gasteiger partial charge in [0.2, 0.25) is 0 Å². The first-order valence-corrected chi connectivity index (χ1v) is 6.33. The first-order chi connectivity index (χ1) is 8.02. The molecular formula is C15H22O2. The molecule has 0 aliphatic heterocycles. The van der Waals surface area contributed by atoms with Crippen molar-refractivity contribution in [3.8, 4) is 0 Å². The standard InChI is InChI=1S/C15H22O2/c1-15(2,17-3)10-13(16)9-12-8-11-6-4-5-7-14(11)12/h4-7,12-13,16H,8-10H2,1-3H3. The summed E-state index contributed by atoms with van der Waals surface area (Å²) in [5, 5.41) is 10.1. The molecule has 1 aliphatic rings. The lowest BCUT2D eigenvalue weighted by Gasteiger charge is -2.33. The molecule has 0 heterocycles. The third-order valence-electron chi connectivity index (χ3n) is 3.80. The molecule has 0 amide bonds. The molecule has 1 N–H and O–H groups in total. The number of benzene rings is 1. The molecule has 2 unspecified atom stereocenters. The molecule has 2 rings (SSSR count). The molecular weight excluding hydrogens is 212 g/mol. The van der Waals surface area contributed by atoms with Crippen LogP contribution in [0, 0.1) is 0 Å². The van der Waals surface area contributed by atoms with Gasteiger partial charge in [-0.05, 0) is 43.7 Å². The Morgan fingerprint density at radius 1 is 1.41 bits per heavy atom. The highest BCUT2D eigenvalue weighted by molar-refractivity contribution is 5.39. The van der Waals surface area contributed by atoms with Crippen LogP contribution in [0.2, 0.25) is 0 Å². The van der Waals surface area contributed by atoms with Crippen molar-refractivity contribution in [2.75, 3.05) is 7.11 Å². The molecule has 17 heavy (non-hydrogen) atoms. The van der Waals surface area contributed by atoms with E-state index in [1.807, 2.05) is 13.8 Å². The fourth-order valence-corrected chi connectivity index (χ4v) is 2.64. The van der Waals surface area contributed by atoms with E-state index in [4.69, 9.17) is 4.74 Å². The van der Waals surface area contributed by atoms with Gasteiger partial charge in [-0.2, -0.15) is 0 Å². The van der Waals surface area contributed by atoms with Gasteiger partial charge in [0.15, 0.2) is 0 Å². The zero-order valence-electron chi connectivity index (χ0n) is 10.9. The van der Waals surface area contributed by atoms with Crippen LogP contribution in [-0.2, 0) is 11.2 Å². The number of aliphatic hydroxyl groups excluding tert-OH is 1. The van der Waals surface area contributed by atoms with Crippen molar-refractivity contribution in [3.63, 3.8) is 0 Å². The van der Waals surface area contributed by atoms with Crippen LogP contribution < -0.4 is 0 Å². The quantitative estimate of drug-likeness (QED) is 0.849. The van der Waals surface area contributed by atoms with Gasteiger partial charge in [0.25, 0.3) is 0 Å². The molecule has 2 heteroatoms. The van der Waals surface area contributed by atoms with Gasteiger partial charge in [0.1, 0.15) is 0 Å². The van der Waals surface area contributed by atoms with Crippen LogP contribution in [-0.4, -0.2) is 23.9 Å². The van der Waals surface area contributed by atoms with E-state index in [9.17, 15) is 5.11 Å². The van der Waals surface area contributed by atoms with E-state index in [-0.39, 0.29) is 11.7 Å². The Labute approximate surface area is 104 Å². The van der Waals surface area contributed by atoms with E-state index >= 15 is 0 Å². The first-order valence-electron chi connectivity index (χ1n) is 6.33. The molecule has 1 aromatic rings. The van der Waals surface area contributed by atoms with Gasteiger partial charge in [-0.3, -0.25) is 0 Å². The summed E-state index contributed by atoms with van der Waals surface area (Å²) < 4.78 is 5.35. The highest BCUT2D eigenvalue weighted by atomic mass is 16.5. The number of aliphatic hydroxyl groups is 1. The minimum absolute atomic E-state index is 0.233. The molecule has 0 bridgehead atoms. The zero-order chi connectivity index (χ0) is 12.5. The molecule has 0 radical (unpaired) electrons. The molecule has 1 aromatic carbocycles. The van der Waals surface area contributed by atoms with Crippen LogP contribution in [0.3, 0.4) is 0 Å². The lowest BCUT2D eigenvalue weighted by molar-refractivity contribution is -0.0229. The molecule has 0 fully saturated rings. The summed E-state index contributed by atoms with van der Waals surface area (Å²) in [5.41, 5.74) is 2.63. The summed E-state index contributed by atoms with van der Waals surface area (Å²) in [6.07, 6.45) is 2.38. The highest BCUT2D eigenvalue weighted by Gasteiger charge is 2.29. The van der Waals surface area contributed by atoms with Gasteiger partial charge in [0.05, 0.1) is 11.7 Å². The summed E-state index contributed by atoms with van der Waals surface area (Å²) in [6, 6.07) is 8.52. The fourth-order valence-electron chi connectivity index (χ4n) is 2.64. The zero-order valence-corrected chi connectivity index (χ0v) is 10.9. The molecule has 1 aliphatic carbocycles. The second-order valence-corrected chi connectivity index (χ2v) is 5.66. The number of rotatable bonds is 5. The first kappa shape index (κ1) is 12.6. The van der Waals surface area contributed by atoms with E-state index in [1.165, 1.54) is 11.1 Å². The van der Waals surface area contributed by atoms with E-state index in [1.54, 1.807) is 7.11 Å².